The van der Waals surface area contributed by atoms with Crippen LogP contribution in [-0.2, 0) is 28.7 Å². The van der Waals surface area contributed by atoms with E-state index < -0.39 is 40.3 Å². The van der Waals surface area contributed by atoms with Crippen LogP contribution in [0.3, 0.4) is 0 Å². The molecule has 2 saturated carbocycles. The fourth-order valence-corrected chi connectivity index (χ4v) is 6.91. The van der Waals surface area contributed by atoms with Crippen LogP contribution in [0.5, 0.6) is 0 Å². The number of methoxy groups -OCH3 is 1. The van der Waals surface area contributed by atoms with E-state index >= 15 is 4.39 Å². The van der Waals surface area contributed by atoms with Gasteiger partial charge in [-0.2, -0.15) is 0 Å². The number of halogens is 1. The normalized spacial score (nSPS) is 39.8. The first-order valence-corrected chi connectivity index (χ1v) is 11.1. The van der Waals surface area contributed by atoms with Gasteiger partial charge in [-0.3, -0.25) is 19.2 Å². The van der Waals surface area contributed by atoms with Crippen LogP contribution < -0.4 is 0 Å². The molecule has 0 N–H and O–H groups in total. The first kappa shape index (κ1) is 22.6. The second-order valence-corrected chi connectivity index (χ2v) is 9.88. The number of ether oxygens (including phenoxy) is 2. The van der Waals surface area contributed by atoms with Crippen molar-refractivity contribution in [1.82, 2.24) is 0 Å². The molecule has 0 aromatic heterocycles. The van der Waals surface area contributed by atoms with Crippen molar-refractivity contribution < 1.29 is 33.0 Å². The van der Waals surface area contributed by atoms with Crippen LogP contribution >= 0.6 is 0 Å². The molecule has 0 bridgehead atoms. The number of hydrogen-bond acceptors (Lipinski definition) is 6. The Hall–Kier alpha value is -2.57. The Balaban J connectivity index is 1.78. The minimum atomic E-state index is -1.95. The van der Waals surface area contributed by atoms with Crippen molar-refractivity contribution in [1.29, 1.82) is 0 Å². The van der Waals surface area contributed by atoms with Crippen molar-refractivity contribution in [2.45, 2.75) is 52.1 Å². The number of hydrogen-bond donors (Lipinski definition) is 0. The highest BCUT2D eigenvalue weighted by Gasteiger charge is 2.71. The Morgan fingerprint density at radius 1 is 1.22 bits per heavy atom. The minimum absolute atomic E-state index is 0.111. The lowest BCUT2D eigenvalue weighted by atomic mass is 9.43. The highest BCUT2D eigenvalue weighted by atomic mass is 19.1. The average Bonchev–Trinajstić information content (AvgIpc) is 3.09. The molecule has 0 amide bonds. The van der Waals surface area contributed by atoms with Crippen molar-refractivity contribution in [2.24, 2.45) is 28.6 Å². The molecule has 32 heavy (non-hydrogen) atoms. The Labute approximate surface area is 186 Å². The maximum absolute atomic E-state index is 17.5. The van der Waals surface area contributed by atoms with E-state index in [1.807, 2.05) is 13.0 Å². The van der Waals surface area contributed by atoms with Gasteiger partial charge in [0.2, 0.25) is 0 Å². The van der Waals surface area contributed by atoms with Gasteiger partial charge in [0.1, 0.15) is 5.67 Å². The van der Waals surface area contributed by atoms with Gasteiger partial charge in [-0.15, -0.1) is 0 Å². The highest BCUT2D eigenvalue weighted by Crippen LogP contribution is 2.69. The highest BCUT2D eigenvalue weighted by molar-refractivity contribution is 6.01. The van der Waals surface area contributed by atoms with Crippen LogP contribution in [0, 0.1) is 28.6 Å². The molecule has 0 aliphatic heterocycles. The Bertz CT molecular complexity index is 992. The third-order valence-corrected chi connectivity index (χ3v) is 8.45. The number of carbonyl (C=O) groups excluding carboxylic acids is 4. The molecular weight excluding hydrogens is 415 g/mol. The van der Waals surface area contributed by atoms with E-state index in [-0.39, 0.29) is 30.5 Å². The van der Waals surface area contributed by atoms with E-state index in [1.165, 1.54) is 26.2 Å². The summed E-state index contributed by atoms with van der Waals surface area (Å²) < 4.78 is 27.4. The summed E-state index contributed by atoms with van der Waals surface area (Å²) >= 11 is 0. The molecule has 0 spiro atoms. The van der Waals surface area contributed by atoms with Crippen LogP contribution in [0.2, 0.25) is 0 Å². The maximum Gasteiger partial charge on any atom is 0.312 e. The number of carbonyl (C=O) groups is 4. The third kappa shape index (κ3) is 2.96. The SMILES string of the molecule is COC(=O)[C@H]1C[C@]2(C)C(C(=O)COC(C)=O)=CC[C@H]2[C@H]2CCC3=CC(=O)C=C[C@]3(C)[C@@]12F. The van der Waals surface area contributed by atoms with Gasteiger partial charge in [0.25, 0.3) is 0 Å². The third-order valence-electron chi connectivity index (χ3n) is 8.45. The molecule has 4 aliphatic carbocycles. The summed E-state index contributed by atoms with van der Waals surface area (Å²) in [6.07, 6.45) is 7.98. The van der Waals surface area contributed by atoms with E-state index in [0.717, 1.165) is 0 Å². The van der Waals surface area contributed by atoms with Crippen LogP contribution in [0.25, 0.3) is 0 Å². The molecular formula is C25H29FO6. The fraction of sp³-hybridized carbons (Fsp3) is 0.600. The van der Waals surface area contributed by atoms with Crippen molar-refractivity contribution >= 4 is 23.5 Å². The number of allylic oxidation sites excluding steroid dienone is 5. The Kier molecular flexibility index (Phi) is 5.30. The number of rotatable bonds is 4. The summed E-state index contributed by atoms with van der Waals surface area (Å²) in [4.78, 5) is 49.1. The molecule has 0 heterocycles. The fourth-order valence-electron chi connectivity index (χ4n) is 6.91. The summed E-state index contributed by atoms with van der Waals surface area (Å²) in [7, 11) is 1.24. The molecule has 6 atom stereocenters. The van der Waals surface area contributed by atoms with Crippen LogP contribution in [-0.4, -0.2) is 42.9 Å². The van der Waals surface area contributed by atoms with E-state index in [9.17, 15) is 19.2 Å². The quantitative estimate of drug-likeness (QED) is 0.618. The molecule has 6 nitrogen and oxygen atoms in total. The first-order chi connectivity index (χ1) is 15.0. The summed E-state index contributed by atoms with van der Waals surface area (Å²) in [6.45, 7) is 4.54. The van der Waals surface area contributed by atoms with Gasteiger partial charge in [-0.05, 0) is 56.6 Å². The standard InChI is InChI=1S/C25H29FO6/c1-14(27)32-13-21(29)19-8-7-17-18-6-5-15-11-16(28)9-10-24(15,3)25(18,26)20(22(30)31-4)12-23(17,19)2/h8-11,17-18,20H,5-7,12-13H2,1-4H3/t17-,18+,20+,23-,24-,25-/m0/s1. The smallest absolute Gasteiger partial charge is 0.312 e. The van der Waals surface area contributed by atoms with E-state index in [2.05, 4.69) is 0 Å². The number of esters is 2. The van der Waals surface area contributed by atoms with Gasteiger partial charge in [-0.1, -0.05) is 24.6 Å². The lowest BCUT2D eigenvalue weighted by Gasteiger charge is -2.62. The number of fused-ring (bicyclic) bond motifs is 5. The summed E-state index contributed by atoms with van der Waals surface area (Å²) in [5, 5.41) is 0. The molecule has 2 fully saturated rings. The second kappa shape index (κ2) is 7.49. The Morgan fingerprint density at radius 3 is 2.59 bits per heavy atom. The van der Waals surface area contributed by atoms with Gasteiger partial charge >= 0.3 is 11.9 Å². The molecule has 4 rings (SSSR count). The summed E-state index contributed by atoms with van der Waals surface area (Å²) in [5.41, 5.74) is -2.58. The lowest BCUT2D eigenvalue weighted by molar-refractivity contribution is -0.186. The maximum atomic E-state index is 17.5. The zero-order chi connectivity index (χ0) is 23.5. The zero-order valence-electron chi connectivity index (χ0n) is 18.9. The van der Waals surface area contributed by atoms with Gasteiger partial charge in [0.05, 0.1) is 13.0 Å². The molecule has 7 heteroatoms. The first-order valence-electron chi connectivity index (χ1n) is 11.1. The predicted octanol–water partition coefficient (Wildman–Crippen LogP) is 3.45. The predicted molar refractivity (Wildman–Crippen MR) is 113 cm³/mol. The van der Waals surface area contributed by atoms with Crippen LogP contribution in [0.1, 0.15) is 46.5 Å². The van der Waals surface area contributed by atoms with Crippen molar-refractivity contribution in [3.63, 3.8) is 0 Å². The van der Waals surface area contributed by atoms with Crippen molar-refractivity contribution in [2.75, 3.05) is 13.7 Å². The Morgan fingerprint density at radius 2 is 1.94 bits per heavy atom. The molecule has 172 valence electrons. The number of ketones is 2. The molecule has 0 saturated heterocycles. The van der Waals surface area contributed by atoms with Gasteiger partial charge in [-0.25, -0.2) is 4.39 Å². The van der Waals surface area contributed by atoms with Gasteiger partial charge < -0.3 is 9.47 Å². The van der Waals surface area contributed by atoms with Gasteiger partial charge in [0, 0.05) is 23.3 Å². The zero-order valence-corrected chi connectivity index (χ0v) is 18.9. The summed E-state index contributed by atoms with van der Waals surface area (Å²) in [5.74, 6) is -3.47. The van der Waals surface area contributed by atoms with Crippen LogP contribution in [0.4, 0.5) is 4.39 Å². The topological polar surface area (TPSA) is 86.7 Å². The molecule has 4 aliphatic rings. The van der Waals surface area contributed by atoms with E-state index in [4.69, 9.17) is 9.47 Å². The largest absolute Gasteiger partial charge is 0.469 e. The average molecular weight is 444 g/mol. The molecule has 0 aromatic rings. The second-order valence-electron chi connectivity index (χ2n) is 9.88. The van der Waals surface area contributed by atoms with Gasteiger partial charge in [0.15, 0.2) is 18.2 Å². The minimum Gasteiger partial charge on any atom is -0.469 e. The monoisotopic (exact) mass is 444 g/mol. The van der Waals surface area contributed by atoms with Crippen molar-refractivity contribution in [3.05, 3.63) is 35.5 Å². The van der Waals surface area contributed by atoms with Crippen molar-refractivity contribution in [3.8, 4) is 0 Å². The molecule has 0 radical (unpaired) electrons. The molecule has 0 aromatic carbocycles. The molecule has 0 unspecified atom stereocenters. The van der Waals surface area contributed by atoms with E-state index in [1.54, 1.807) is 13.0 Å². The van der Waals surface area contributed by atoms with Crippen LogP contribution in [0.15, 0.2) is 35.5 Å². The number of Topliss-reactive ketones (excluding diaryl/α,β-unsaturated/α-hetero) is 1. The lowest BCUT2D eigenvalue weighted by Crippen LogP contribution is -2.66. The summed E-state index contributed by atoms with van der Waals surface area (Å²) in [6, 6.07) is 0. The number of alkyl halides is 1. The van der Waals surface area contributed by atoms with E-state index in [0.29, 0.717) is 30.4 Å².